The maximum absolute atomic E-state index is 12.4. The van der Waals surface area contributed by atoms with Gasteiger partial charge in [-0.3, -0.25) is 14.9 Å². The number of amides is 1. The third-order valence-electron chi connectivity index (χ3n) is 4.22. The molecule has 126 valence electrons. The Morgan fingerprint density at radius 3 is 2.79 bits per heavy atom. The summed E-state index contributed by atoms with van der Waals surface area (Å²) in [4.78, 5) is 22.9. The van der Waals surface area contributed by atoms with Crippen LogP contribution in [0.15, 0.2) is 30.5 Å². The van der Waals surface area contributed by atoms with Crippen molar-refractivity contribution in [2.75, 3.05) is 12.4 Å². The number of ether oxygens (including phenoxy) is 1. The zero-order chi connectivity index (χ0) is 17.1. The van der Waals surface area contributed by atoms with Gasteiger partial charge in [0.15, 0.2) is 5.75 Å². The molecule has 1 heterocycles. The van der Waals surface area contributed by atoms with Gasteiger partial charge in [-0.15, -0.1) is 0 Å². The Labute approximate surface area is 138 Å². The van der Waals surface area contributed by atoms with Crippen LogP contribution in [-0.4, -0.2) is 27.7 Å². The molecule has 0 aliphatic heterocycles. The van der Waals surface area contributed by atoms with Gasteiger partial charge in [-0.05, 0) is 25.0 Å². The van der Waals surface area contributed by atoms with Crippen LogP contribution < -0.4 is 10.1 Å². The average molecular weight is 330 g/mol. The van der Waals surface area contributed by atoms with Crippen molar-refractivity contribution in [1.29, 1.82) is 0 Å². The van der Waals surface area contributed by atoms with Crippen molar-refractivity contribution >= 4 is 17.4 Å². The highest BCUT2D eigenvalue weighted by Gasteiger charge is 2.22. The van der Waals surface area contributed by atoms with E-state index >= 15 is 0 Å². The van der Waals surface area contributed by atoms with Crippen molar-refractivity contribution in [3.05, 3.63) is 46.1 Å². The van der Waals surface area contributed by atoms with E-state index < -0.39 is 10.8 Å². The zero-order valence-electron chi connectivity index (χ0n) is 13.3. The molecule has 1 aromatic heterocycles. The van der Waals surface area contributed by atoms with Gasteiger partial charge in [0.05, 0.1) is 24.3 Å². The summed E-state index contributed by atoms with van der Waals surface area (Å²) in [7, 11) is 1.35. The summed E-state index contributed by atoms with van der Waals surface area (Å²) in [5, 5.41) is 18.2. The van der Waals surface area contributed by atoms with Gasteiger partial charge in [0.1, 0.15) is 5.82 Å². The lowest BCUT2D eigenvalue weighted by molar-refractivity contribution is -0.385. The maximum Gasteiger partial charge on any atom is 0.311 e. The van der Waals surface area contributed by atoms with Crippen LogP contribution in [0.4, 0.5) is 11.5 Å². The smallest absolute Gasteiger partial charge is 0.311 e. The summed E-state index contributed by atoms with van der Waals surface area (Å²) < 4.78 is 6.77. The average Bonchev–Trinajstić information content (AvgIpc) is 3.25. The number of methoxy groups -OCH3 is 1. The Bertz CT molecular complexity index is 765. The topological polar surface area (TPSA) is 99.3 Å². The number of aromatic nitrogens is 2. The lowest BCUT2D eigenvalue weighted by Crippen LogP contribution is -2.17. The molecule has 0 saturated heterocycles. The van der Waals surface area contributed by atoms with Crippen LogP contribution in [0.2, 0.25) is 0 Å². The molecular formula is C16H18N4O4. The molecule has 8 nitrogen and oxygen atoms in total. The Kier molecular flexibility index (Phi) is 4.45. The Hall–Kier alpha value is -2.90. The standard InChI is InChI=1S/C16H18N4O4/c1-24-14-7-6-11(10-13(14)20(22)23)16(21)18-15-8-9-17-19(15)12-4-2-3-5-12/h6-10,12H,2-5H2,1H3,(H,18,21). The van der Waals surface area contributed by atoms with E-state index in [0.717, 1.165) is 25.7 Å². The summed E-state index contributed by atoms with van der Waals surface area (Å²) in [5.41, 5.74) is -0.0453. The first-order valence-electron chi connectivity index (χ1n) is 7.77. The minimum absolute atomic E-state index is 0.118. The predicted octanol–water partition coefficient (Wildman–Crippen LogP) is 3.17. The van der Waals surface area contributed by atoms with Gasteiger partial charge in [-0.1, -0.05) is 12.8 Å². The van der Waals surface area contributed by atoms with Crippen LogP contribution in [0.25, 0.3) is 0 Å². The second kappa shape index (κ2) is 6.69. The highest BCUT2D eigenvalue weighted by molar-refractivity contribution is 6.04. The van der Waals surface area contributed by atoms with Crippen LogP contribution in [0, 0.1) is 10.1 Å². The summed E-state index contributed by atoms with van der Waals surface area (Å²) in [6, 6.07) is 6.15. The highest BCUT2D eigenvalue weighted by atomic mass is 16.6. The van der Waals surface area contributed by atoms with Gasteiger partial charge in [-0.25, -0.2) is 4.68 Å². The highest BCUT2D eigenvalue weighted by Crippen LogP contribution is 2.32. The molecule has 3 rings (SSSR count). The van der Waals surface area contributed by atoms with E-state index in [1.807, 2.05) is 4.68 Å². The fourth-order valence-corrected chi connectivity index (χ4v) is 3.02. The number of rotatable bonds is 5. The minimum Gasteiger partial charge on any atom is -0.490 e. The molecule has 2 aromatic rings. The molecule has 8 heteroatoms. The SMILES string of the molecule is COc1ccc(C(=O)Nc2ccnn2C2CCCC2)cc1[N+](=O)[O-]. The lowest BCUT2D eigenvalue weighted by Gasteiger charge is -2.14. The molecule has 0 atom stereocenters. The number of nitrogens with zero attached hydrogens (tertiary/aromatic N) is 3. The molecule has 1 fully saturated rings. The van der Waals surface area contributed by atoms with E-state index in [1.165, 1.54) is 25.3 Å². The van der Waals surface area contributed by atoms with Crippen molar-refractivity contribution in [2.45, 2.75) is 31.7 Å². The molecule has 0 radical (unpaired) electrons. The Balaban J connectivity index is 1.82. The predicted molar refractivity (Wildman–Crippen MR) is 87.3 cm³/mol. The van der Waals surface area contributed by atoms with Crippen LogP contribution in [0.1, 0.15) is 42.1 Å². The zero-order valence-corrected chi connectivity index (χ0v) is 13.3. The third kappa shape index (κ3) is 3.08. The summed E-state index contributed by atoms with van der Waals surface area (Å²) in [6.45, 7) is 0. The van der Waals surface area contributed by atoms with E-state index in [-0.39, 0.29) is 17.0 Å². The van der Waals surface area contributed by atoms with Crippen LogP contribution in [-0.2, 0) is 0 Å². The van der Waals surface area contributed by atoms with Crippen molar-refractivity contribution < 1.29 is 14.5 Å². The number of carbonyl (C=O) groups excluding carboxylic acids is 1. The van der Waals surface area contributed by atoms with E-state index in [0.29, 0.717) is 11.9 Å². The van der Waals surface area contributed by atoms with Gasteiger partial charge in [0.25, 0.3) is 5.91 Å². The fraction of sp³-hybridized carbons (Fsp3) is 0.375. The van der Waals surface area contributed by atoms with Crippen LogP contribution in [0.5, 0.6) is 5.75 Å². The maximum atomic E-state index is 12.4. The van der Waals surface area contributed by atoms with Crippen LogP contribution >= 0.6 is 0 Å². The lowest BCUT2D eigenvalue weighted by atomic mass is 10.1. The number of hydrogen-bond acceptors (Lipinski definition) is 5. The van der Waals surface area contributed by atoms with Crippen molar-refractivity contribution in [3.8, 4) is 5.75 Å². The molecule has 1 aromatic carbocycles. The Morgan fingerprint density at radius 2 is 2.12 bits per heavy atom. The first-order chi connectivity index (χ1) is 11.6. The molecule has 0 bridgehead atoms. The van der Waals surface area contributed by atoms with Crippen molar-refractivity contribution in [2.24, 2.45) is 0 Å². The fourth-order valence-electron chi connectivity index (χ4n) is 3.02. The van der Waals surface area contributed by atoms with Gasteiger partial charge >= 0.3 is 5.69 Å². The van der Waals surface area contributed by atoms with E-state index in [2.05, 4.69) is 10.4 Å². The number of nitro groups is 1. The van der Waals surface area contributed by atoms with E-state index in [4.69, 9.17) is 4.74 Å². The van der Waals surface area contributed by atoms with Gasteiger partial charge < -0.3 is 10.1 Å². The molecule has 24 heavy (non-hydrogen) atoms. The summed E-state index contributed by atoms with van der Waals surface area (Å²) in [6.07, 6.45) is 6.03. The van der Waals surface area contributed by atoms with Crippen LogP contribution in [0.3, 0.4) is 0 Å². The first kappa shape index (κ1) is 16.0. The molecule has 0 spiro atoms. The molecule has 1 aliphatic carbocycles. The number of carbonyl (C=O) groups is 1. The number of nitrogens with one attached hydrogen (secondary N) is 1. The monoisotopic (exact) mass is 330 g/mol. The normalized spacial score (nSPS) is 14.5. The number of anilines is 1. The minimum atomic E-state index is -0.571. The molecule has 1 saturated carbocycles. The first-order valence-corrected chi connectivity index (χ1v) is 7.77. The molecule has 1 N–H and O–H groups in total. The number of benzene rings is 1. The van der Waals surface area contributed by atoms with Gasteiger partial charge in [0, 0.05) is 17.7 Å². The van der Waals surface area contributed by atoms with Crippen molar-refractivity contribution in [3.63, 3.8) is 0 Å². The van der Waals surface area contributed by atoms with Gasteiger partial charge in [-0.2, -0.15) is 5.10 Å². The van der Waals surface area contributed by atoms with Crippen molar-refractivity contribution in [1.82, 2.24) is 9.78 Å². The summed E-state index contributed by atoms with van der Waals surface area (Å²) in [5.74, 6) is 0.304. The van der Waals surface area contributed by atoms with Gasteiger partial charge in [0.2, 0.25) is 0 Å². The molecule has 1 aliphatic rings. The molecule has 1 amide bonds. The quantitative estimate of drug-likeness (QED) is 0.670. The number of hydrogen-bond donors (Lipinski definition) is 1. The molecule has 0 unspecified atom stereocenters. The summed E-state index contributed by atoms with van der Waals surface area (Å²) >= 11 is 0. The molecular weight excluding hydrogens is 312 g/mol. The second-order valence-electron chi connectivity index (χ2n) is 5.70. The largest absolute Gasteiger partial charge is 0.490 e. The van der Waals surface area contributed by atoms with E-state index in [1.54, 1.807) is 12.3 Å². The van der Waals surface area contributed by atoms with E-state index in [9.17, 15) is 14.9 Å². The third-order valence-corrected chi connectivity index (χ3v) is 4.22. The second-order valence-corrected chi connectivity index (χ2v) is 5.70. The number of nitro benzene ring substituents is 1. The Morgan fingerprint density at radius 1 is 1.38 bits per heavy atom.